The third kappa shape index (κ3) is 5.25. The van der Waals surface area contributed by atoms with E-state index in [1.54, 1.807) is 24.3 Å². The molecule has 0 aliphatic heterocycles. The fraction of sp³-hybridized carbons (Fsp3) is 0.320. The second-order valence-corrected chi connectivity index (χ2v) is 10.2. The van der Waals surface area contributed by atoms with Crippen molar-refractivity contribution in [2.45, 2.75) is 57.2 Å². The van der Waals surface area contributed by atoms with Crippen molar-refractivity contribution in [3.63, 3.8) is 0 Å². The van der Waals surface area contributed by atoms with Crippen molar-refractivity contribution >= 4 is 34.3 Å². The Labute approximate surface area is 202 Å². The molecule has 2 aromatic heterocycles. The van der Waals surface area contributed by atoms with E-state index in [0.29, 0.717) is 28.3 Å². The highest BCUT2D eigenvalue weighted by molar-refractivity contribution is 7.98. The molecule has 2 heterocycles. The summed E-state index contributed by atoms with van der Waals surface area (Å²) in [5, 5.41) is 10.6. The van der Waals surface area contributed by atoms with Gasteiger partial charge in [-0.1, -0.05) is 62.3 Å². The van der Waals surface area contributed by atoms with Gasteiger partial charge in [0, 0.05) is 29.4 Å². The number of fused-ring (bicyclic) bond motifs is 1. The highest BCUT2D eigenvalue weighted by Crippen LogP contribution is 2.26. The third-order valence-electron chi connectivity index (χ3n) is 5.42. The van der Waals surface area contributed by atoms with Gasteiger partial charge in [0.05, 0.1) is 10.5 Å². The SMILES string of the molecule is CCn1c(COc2ccc(C(C)(C)C)cc2)nnc1SCc1cc(=O)c2cccc(Cl)c2[nH]1. The zero-order chi connectivity index (χ0) is 23.6. The highest BCUT2D eigenvalue weighted by Gasteiger charge is 2.15. The maximum atomic E-state index is 12.4. The summed E-state index contributed by atoms with van der Waals surface area (Å²) in [5.74, 6) is 2.10. The van der Waals surface area contributed by atoms with E-state index in [1.807, 2.05) is 23.6 Å². The van der Waals surface area contributed by atoms with E-state index < -0.39 is 0 Å². The molecule has 0 bridgehead atoms. The van der Waals surface area contributed by atoms with Crippen LogP contribution >= 0.6 is 23.4 Å². The number of ether oxygens (including phenoxy) is 1. The molecule has 2 aromatic carbocycles. The number of hydrogen-bond donors (Lipinski definition) is 1. The minimum absolute atomic E-state index is 0.0506. The Morgan fingerprint density at radius 2 is 1.88 bits per heavy atom. The smallest absolute Gasteiger partial charge is 0.191 e. The number of rotatable bonds is 7. The summed E-state index contributed by atoms with van der Waals surface area (Å²) in [6.45, 7) is 9.66. The van der Waals surface area contributed by atoms with Crippen LogP contribution in [0.3, 0.4) is 0 Å². The summed E-state index contributed by atoms with van der Waals surface area (Å²) in [6, 6.07) is 15.1. The van der Waals surface area contributed by atoms with Gasteiger partial charge in [-0.25, -0.2) is 0 Å². The minimum atomic E-state index is -0.0506. The van der Waals surface area contributed by atoms with E-state index in [9.17, 15) is 4.79 Å². The molecule has 8 heteroatoms. The van der Waals surface area contributed by atoms with Crippen LogP contribution in [0.25, 0.3) is 10.9 Å². The molecule has 0 unspecified atom stereocenters. The molecule has 0 amide bonds. The van der Waals surface area contributed by atoms with Crippen LogP contribution in [-0.4, -0.2) is 19.7 Å². The monoisotopic (exact) mass is 482 g/mol. The number of nitrogens with one attached hydrogen (secondary N) is 1. The second-order valence-electron chi connectivity index (χ2n) is 8.82. The molecule has 0 spiro atoms. The van der Waals surface area contributed by atoms with E-state index in [0.717, 1.165) is 29.0 Å². The Hall–Kier alpha value is -2.77. The molecular formula is C25H27ClN4O2S. The van der Waals surface area contributed by atoms with E-state index in [4.69, 9.17) is 16.3 Å². The highest BCUT2D eigenvalue weighted by atomic mass is 35.5. The standard InChI is InChI=1S/C25H27ClN4O2S/c1-5-30-22(14-32-18-11-9-16(10-12-18)25(2,3)4)28-29-24(30)33-15-17-13-21(31)19-7-6-8-20(26)23(19)27-17/h6-13H,5,14-15H2,1-4H3,(H,27,31). The van der Waals surface area contributed by atoms with E-state index in [1.165, 1.54) is 17.3 Å². The lowest BCUT2D eigenvalue weighted by atomic mass is 9.87. The van der Waals surface area contributed by atoms with Crippen molar-refractivity contribution in [1.29, 1.82) is 0 Å². The van der Waals surface area contributed by atoms with Gasteiger partial charge in [0.1, 0.15) is 12.4 Å². The number of hydrogen-bond acceptors (Lipinski definition) is 5. The molecule has 0 fully saturated rings. The Bertz CT molecular complexity index is 1320. The van der Waals surface area contributed by atoms with Crippen molar-refractivity contribution in [3.05, 3.63) is 80.9 Å². The molecular weight excluding hydrogens is 456 g/mol. The Kier molecular flexibility index (Phi) is 6.81. The average Bonchev–Trinajstić information content (AvgIpc) is 3.18. The summed E-state index contributed by atoms with van der Waals surface area (Å²) >= 11 is 7.78. The fourth-order valence-electron chi connectivity index (χ4n) is 3.56. The number of pyridine rings is 1. The second kappa shape index (κ2) is 9.61. The average molecular weight is 483 g/mol. The molecule has 172 valence electrons. The lowest BCUT2D eigenvalue weighted by Crippen LogP contribution is -2.11. The maximum Gasteiger partial charge on any atom is 0.191 e. The first kappa shape index (κ1) is 23.4. The Morgan fingerprint density at radius 1 is 1.12 bits per heavy atom. The van der Waals surface area contributed by atoms with E-state index in [2.05, 4.69) is 48.1 Å². The molecule has 0 atom stereocenters. The predicted octanol–water partition coefficient (Wildman–Crippen LogP) is 5.96. The molecule has 6 nitrogen and oxygen atoms in total. The van der Waals surface area contributed by atoms with Gasteiger partial charge in [0.15, 0.2) is 16.4 Å². The van der Waals surface area contributed by atoms with Crippen LogP contribution in [0.2, 0.25) is 5.02 Å². The normalized spacial score (nSPS) is 11.8. The van der Waals surface area contributed by atoms with Gasteiger partial charge in [0.2, 0.25) is 0 Å². The zero-order valence-corrected chi connectivity index (χ0v) is 20.8. The number of aromatic nitrogens is 4. The summed E-state index contributed by atoms with van der Waals surface area (Å²) in [4.78, 5) is 15.7. The molecule has 4 rings (SSSR count). The first-order valence-corrected chi connectivity index (χ1v) is 12.2. The van der Waals surface area contributed by atoms with Crippen molar-refractivity contribution in [2.24, 2.45) is 0 Å². The maximum absolute atomic E-state index is 12.4. The third-order valence-corrected chi connectivity index (χ3v) is 6.76. The number of thioether (sulfide) groups is 1. The van der Waals surface area contributed by atoms with E-state index in [-0.39, 0.29) is 10.8 Å². The number of halogens is 1. The number of nitrogens with zero attached hydrogens (tertiary/aromatic N) is 3. The van der Waals surface area contributed by atoms with Crippen LogP contribution in [0, 0.1) is 0 Å². The Morgan fingerprint density at radius 3 is 2.58 bits per heavy atom. The van der Waals surface area contributed by atoms with Crippen molar-refractivity contribution in [1.82, 2.24) is 19.7 Å². The van der Waals surface area contributed by atoms with E-state index >= 15 is 0 Å². The Balaban J connectivity index is 1.45. The first-order chi connectivity index (χ1) is 15.8. The molecule has 33 heavy (non-hydrogen) atoms. The number of benzene rings is 2. The van der Waals surface area contributed by atoms with Crippen molar-refractivity contribution < 1.29 is 4.74 Å². The van der Waals surface area contributed by atoms with Gasteiger partial charge < -0.3 is 14.3 Å². The van der Waals surface area contributed by atoms with Gasteiger partial charge in [-0.15, -0.1) is 10.2 Å². The van der Waals surface area contributed by atoms with Crippen LogP contribution in [0.5, 0.6) is 5.75 Å². The summed E-state index contributed by atoms with van der Waals surface area (Å²) in [6.07, 6.45) is 0. The van der Waals surface area contributed by atoms with Gasteiger partial charge in [-0.2, -0.15) is 0 Å². The van der Waals surface area contributed by atoms with Gasteiger partial charge in [0.25, 0.3) is 0 Å². The first-order valence-electron chi connectivity index (χ1n) is 10.8. The largest absolute Gasteiger partial charge is 0.486 e. The summed E-state index contributed by atoms with van der Waals surface area (Å²) < 4.78 is 7.99. The zero-order valence-electron chi connectivity index (χ0n) is 19.2. The molecule has 0 saturated carbocycles. The van der Waals surface area contributed by atoms with Gasteiger partial charge in [-0.05, 0) is 42.2 Å². The van der Waals surface area contributed by atoms with Crippen LogP contribution in [0.4, 0.5) is 0 Å². The van der Waals surface area contributed by atoms with Crippen LogP contribution in [0.1, 0.15) is 44.8 Å². The minimum Gasteiger partial charge on any atom is -0.486 e. The fourth-order valence-corrected chi connectivity index (χ4v) is 4.71. The van der Waals surface area contributed by atoms with Crippen LogP contribution in [-0.2, 0) is 24.3 Å². The summed E-state index contributed by atoms with van der Waals surface area (Å²) in [5.41, 5.74) is 2.76. The predicted molar refractivity (Wildman–Crippen MR) is 134 cm³/mol. The van der Waals surface area contributed by atoms with Crippen LogP contribution in [0.15, 0.2) is 58.5 Å². The van der Waals surface area contributed by atoms with Crippen molar-refractivity contribution in [3.8, 4) is 5.75 Å². The molecule has 0 aliphatic rings. The number of aromatic amines is 1. The molecule has 4 aromatic rings. The van der Waals surface area contributed by atoms with Gasteiger partial charge in [-0.3, -0.25) is 4.79 Å². The topological polar surface area (TPSA) is 72.8 Å². The lowest BCUT2D eigenvalue weighted by molar-refractivity contribution is 0.288. The van der Waals surface area contributed by atoms with Crippen LogP contribution < -0.4 is 10.2 Å². The molecule has 0 aliphatic carbocycles. The summed E-state index contributed by atoms with van der Waals surface area (Å²) in [7, 11) is 0. The molecule has 0 saturated heterocycles. The number of H-pyrrole nitrogens is 1. The quantitative estimate of drug-likeness (QED) is 0.329. The number of para-hydroxylation sites is 1. The lowest BCUT2D eigenvalue weighted by Gasteiger charge is -2.19. The van der Waals surface area contributed by atoms with Gasteiger partial charge >= 0.3 is 0 Å². The van der Waals surface area contributed by atoms with Crippen molar-refractivity contribution in [2.75, 3.05) is 0 Å². The molecule has 0 radical (unpaired) electrons. The molecule has 1 N–H and O–H groups in total.